The SMILES string of the molecule is COc1ccc(OC(F)F)c(NC2CCN(C)C2=O)c1. The largest absolute Gasteiger partial charge is 0.497 e. The molecule has 5 nitrogen and oxygen atoms in total. The molecule has 0 radical (unpaired) electrons. The zero-order chi connectivity index (χ0) is 14.7. The Morgan fingerprint density at radius 2 is 2.20 bits per heavy atom. The molecule has 1 fully saturated rings. The Kier molecular flexibility index (Phi) is 4.26. The first-order valence-corrected chi connectivity index (χ1v) is 6.15. The predicted molar refractivity (Wildman–Crippen MR) is 69.3 cm³/mol. The minimum Gasteiger partial charge on any atom is -0.497 e. The second-order valence-electron chi connectivity index (χ2n) is 4.49. The average molecular weight is 286 g/mol. The van der Waals surface area contributed by atoms with E-state index in [1.54, 1.807) is 11.9 Å². The summed E-state index contributed by atoms with van der Waals surface area (Å²) >= 11 is 0. The molecule has 1 heterocycles. The number of nitrogens with one attached hydrogen (secondary N) is 1. The number of likely N-dealkylation sites (N-methyl/N-ethyl adjacent to an activating group) is 1. The van der Waals surface area contributed by atoms with Gasteiger partial charge in [0.05, 0.1) is 12.8 Å². The van der Waals surface area contributed by atoms with Crippen LogP contribution in [0.2, 0.25) is 0 Å². The van der Waals surface area contributed by atoms with Crippen molar-refractivity contribution >= 4 is 11.6 Å². The van der Waals surface area contributed by atoms with Crippen LogP contribution in [0.3, 0.4) is 0 Å². The number of alkyl halides is 2. The molecular formula is C13H16F2N2O3. The Labute approximate surface area is 115 Å². The minimum atomic E-state index is -2.93. The molecule has 20 heavy (non-hydrogen) atoms. The predicted octanol–water partition coefficient (Wildman–Crippen LogP) is 1.94. The zero-order valence-electron chi connectivity index (χ0n) is 11.2. The van der Waals surface area contributed by atoms with E-state index in [4.69, 9.17) is 4.74 Å². The van der Waals surface area contributed by atoms with Crippen LogP contribution in [0.4, 0.5) is 14.5 Å². The van der Waals surface area contributed by atoms with Gasteiger partial charge in [-0.2, -0.15) is 8.78 Å². The van der Waals surface area contributed by atoms with E-state index in [-0.39, 0.29) is 11.7 Å². The first kappa shape index (κ1) is 14.4. The fourth-order valence-corrected chi connectivity index (χ4v) is 2.09. The van der Waals surface area contributed by atoms with Gasteiger partial charge in [-0.15, -0.1) is 0 Å². The molecule has 7 heteroatoms. The van der Waals surface area contributed by atoms with Gasteiger partial charge in [0.1, 0.15) is 17.5 Å². The molecule has 0 bridgehead atoms. The Hall–Kier alpha value is -2.05. The normalized spacial score (nSPS) is 18.6. The topological polar surface area (TPSA) is 50.8 Å². The van der Waals surface area contributed by atoms with Crippen molar-refractivity contribution in [3.8, 4) is 11.5 Å². The summed E-state index contributed by atoms with van der Waals surface area (Å²) in [5.74, 6) is 0.409. The smallest absolute Gasteiger partial charge is 0.387 e. The van der Waals surface area contributed by atoms with Crippen LogP contribution in [0.15, 0.2) is 18.2 Å². The second-order valence-corrected chi connectivity index (χ2v) is 4.49. The maximum Gasteiger partial charge on any atom is 0.387 e. The van der Waals surface area contributed by atoms with Crippen molar-refractivity contribution in [1.82, 2.24) is 4.90 Å². The lowest BCUT2D eigenvalue weighted by Crippen LogP contribution is -2.31. The number of carbonyl (C=O) groups is 1. The van der Waals surface area contributed by atoms with E-state index < -0.39 is 12.7 Å². The maximum atomic E-state index is 12.4. The van der Waals surface area contributed by atoms with Crippen LogP contribution in [0.5, 0.6) is 11.5 Å². The average Bonchev–Trinajstić information content (AvgIpc) is 2.72. The lowest BCUT2D eigenvalue weighted by molar-refractivity contribution is -0.127. The molecule has 110 valence electrons. The quantitative estimate of drug-likeness (QED) is 0.898. The van der Waals surface area contributed by atoms with Gasteiger partial charge in [-0.1, -0.05) is 0 Å². The molecule has 0 saturated carbocycles. The number of ether oxygens (including phenoxy) is 2. The molecule has 0 spiro atoms. The first-order chi connectivity index (χ1) is 9.51. The monoisotopic (exact) mass is 286 g/mol. The van der Waals surface area contributed by atoms with Gasteiger partial charge in [0.25, 0.3) is 0 Å². The van der Waals surface area contributed by atoms with E-state index >= 15 is 0 Å². The minimum absolute atomic E-state index is 0.0110. The summed E-state index contributed by atoms with van der Waals surface area (Å²) < 4.78 is 34.2. The first-order valence-electron chi connectivity index (χ1n) is 6.15. The van der Waals surface area contributed by atoms with Crippen LogP contribution < -0.4 is 14.8 Å². The molecule has 1 saturated heterocycles. The summed E-state index contributed by atoms with van der Waals surface area (Å²) in [4.78, 5) is 13.4. The van der Waals surface area contributed by atoms with Crippen LogP contribution in [0.1, 0.15) is 6.42 Å². The van der Waals surface area contributed by atoms with Crippen LogP contribution in [-0.4, -0.2) is 44.2 Å². The van der Waals surface area contributed by atoms with Crippen molar-refractivity contribution in [1.29, 1.82) is 0 Å². The van der Waals surface area contributed by atoms with Crippen molar-refractivity contribution in [2.45, 2.75) is 19.1 Å². The number of nitrogens with zero attached hydrogens (tertiary/aromatic N) is 1. The molecule has 1 aliphatic rings. The number of hydrogen-bond donors (Lipinski definition) is 1. The summed E-state index contributed by atoms with van der Waals surface area (Å²) in [5, 5.41) is 2.94. The van der Waals surface area contributed by atoms with Crippen molar-refractivity contribution in [2.75, 3.05) is 26.0 Å². The fraction of sp³-hybridized carbons (Fsp3) is 0.462. The van der Waals surface area contributed by atoms with E-state index in [9.17, 15) is 13.6 Å². The van der Waals surface area contributed by atoms with Gasteiger partial charge in [-0.25, -0.2) is 0 Å². The van der Waals surface area contributed by atoms with Gasteiger partial charge < -0.3 is 19.7 Å². The Morgan fingerprint density at radius 1 is 1.45 bits per heavy atom. The van der Waals surface area contributed by atoms with E-state index in [1.165, 1.54) is 25.3 Å². The summed E-state index contributed by atoms with van der Waals surface area (Å²) in [6.45, 7) is -2.29. The number of benzene rings is 1. The standard InChI is InChI=1S/C13H16F2N2O3/c1-17-6-5-9(12(17)18)16-10-7-8(19-2)3-4-11(10)20-13(14)15/h3-4,7,9,13,16H,5-6H2,1-2H3. The zero-order valence-corrected chi connectivity index (χ0v) is 11.2. The highest BCUT2D eigenvalue weighted by Crippen LogP contribution is 2.32. The van der Waals surface area contributed by atoms with Gasteiger partial charge in [-0.3, -0.25) is 4.79 Å². The van der Waals surface area contributed by atoms with Crippen molar-refractivity contribution in [2.24, 2.45) is 0 Å². The molecule has 1 aromatic rings. The highest BCUT2D eigenvalue weighted by atomic mass is 19.3. The molecule has 2 rings (SSSR count). The summed E-state index contributed by atoms with van der Waals surface area (Å²) in [5.41, 5.74) is 0.318. The Balaban J connectivity index is 2.21. The van der Waals surface area contributed by atoms with Crippen LogP contribution >= 0.6 is 0 Å². The third kappa shape index (κ3) is 3.09. The van der Waals surface area contributed by atoms with Gasteiger partial charge >= 0.3 is 6.61 Å². The molecule has 1 aliphatic heterocycles. The molecule has 1 atom stereocenters. The highest BCUT2D eigenvalue weighted by molar-refractivity contribution is 5.87. The molecule has 1 N–H and O–H groups in total. The number of halogens is 2. The number of anilines is 1. The third-order valence-electron chi connectivity index (χ3n) is 3.16. The summed E-state index contributed by atoms with van der Waals surface area (Å²) in [6, 6.07) is 4.00. The van der Waals surface area contributed by atoms with Gasteiger partial charge in [-0.05, 0) is 18.6 Å². The van der Waals surface area contributed by atoms with Gasteiger partial charge in [0.15, 0.2) is 0 Å². The number of rotatable bonds is 5. The number of methoxy groups -OCH3 is 1. The van der Waals surface area contributed by atoms with Crippen molar-refractivity contribution < 1.29 is 23.0 Å². The van der Waals surface area contributed by atoms with E-state index in [1.807, 2.05) is 0 Å². The maximum absolute atomic E-state index is 12.4. The lowest BCUT2D eigenvalue weighted by Gasteiger charge is -2.17. The third-order valence-corrected chi connectivity index (χ3v) is 3.16. The number of likely N-dealkylation sites (tertiary alicyclic amines) is 1. The number of amides is 1. The molecule has 1 unspecified atom stereocenters. The number of hydrogen-bond acceptors (Lipinski definition) is 4. The fourth-order valence-electron chi connectivity index (χ4n) is 2.09. The van der Waals surface area contributed by atoms with Crippen LogP contribution in [0, 0.1) is 0 Å². The molecule has 1 aromatic carbocycles. The van der Waals surface area contributed by atoms with E-state index in [0.29, 0.717) is 24.4 Å². The van der Waals surface area contributed by atoms with E-state index in [2.05, 4.69) is 10.1 Å². The van der Waals surface area contributed by atoms with Gasteiger partial charge in [0.2, 0.25) is 5.91 Å². The van der Waals surface area contributed by atoms with Crippen molar-refractivity contribution in [3.05, 3.63) is 18.2 Å². The Bertz CT molecular complexity index is 497. The van der Waals surface area contributed by atoms with Crippen LogP contribution in [0.25, 0.3) is 0 Å². The molecule has 0 aliphatic carbocycles. The molecule has 0 aromatic heterocycles. The van der Waals surface area contributed by atoms with Crippen molar-refractivity contribution in [3.63, 3.8) is 0 Å². The van der Waals surface area contributed by atoms with Gasteiger partial charge in [0, 0.05) is 19.7 Å². The van der Waals surface area contributed by atoms with Crippen LogP contribution in [-0.2, 0) is 4.79 Å². The number of carbonyl (C=O) groups excluding carboxylic acids is 1. The summed E-state index contributed by atoms with van der Waals surface area (Å²) in [6.07, 6.45) is 0.612. The second kappa shape index (κ2) is 5.94. The highest BCUT2D eigenvalue weighted by Gasteiger charge is 2.29. The summed E-state index contributed by atoms with van der Waals surface area (Å²) in [7, 11) is 3.17. The molecule has 1 amide bonds. The lowest BCUT2D eigenvalue weighted by atomic mass is 10.2. The Morgan fingerprint density at radius 3 is 2.75 bits per heavy atom. The molecular weight excluding hydrogens is 270 g/mol. The van der Waals surface area contributed by atoms with E-state index in [0.717, 1.165) is 0 Å².